The second kappa shape index (κ2) is 7.15. The summed E-state index contributed by atoms with van der Waals surface area (Å²) in [4.78, 5) is 22.0. The van der Waals surface area contributed by atoms with Crippen LogP contribution in [0.4, 0.5) is 5.95 Å². The number of carbonyl (C=O) groups excluding carboxylic acids is 1. The lowest BCUT2D eigenvalue weighted by Gasteiger charge is -2.36. The van der Waals surface area contributed by atoms with Gasteiger partial charge in [-0.3, -0.25) is 4.79 Å². The Morgan fingerprint density at radius 3 is 2.56 bits per heavy atom. The fourth-order valence-corrected chi connectivity index (χ4v) is 3.79. The van der Waals surface area contributed by atoms with Gasteiger partial charge in [-0.15, -0.1) is 0 Å². The monoisotopic (exact) mass is 366 g/mol. The summed E-state index contributed by atoms with van der Waals surface area (Å²) in [6.07, 6.45) is 2.52. The first kappa shape index (κ1) is 17.7. The minimum absolute atomic E-state index is 0.0822. The Labute approximate surface area is 159 Å². The van der Waals surface area contributed by atoms with Crippen LogP contribution in [-0.2, 0) is 11.2 Å². The lowest BCUT2D eigenvalue weighted by molar-refractivity contribution is -0.129. The van der Waals surface area contributed by atoms with Crippen LogP contribution in [0.1, 0.15) is 31.0 Å². The molecule has 7 heteroatoms. The van der Waals surface area contributed by atoms with E-state index in [0.29, 0.717) is 5.95 Å². The Bertz CT molecular complexity index is 861. The molecule has 7 nitrogen and oxygen atoms in total. The van der Waals surface area contributed by atoms with Crippen LogP contribution in [0.5, 0.6) is 0 Å². The predicted octanol–water partition coefficient (Wildman–Crippen LogP) is 1.90. The molecule has 2 aliphatic heterocycles. The molecule has 1 saturated heterocycles. The standard InChI is InChI=1S/C20H26N6O/c1-4-15-5-7-16(8-6-15)18-17(14(2)23-20-21-13-22-26(18)20)19(27)25-11-9-24(3)10-12-25/h5-8,13,18H,4,9-12H2,1-3H3,(H,21,22,23)/t18-/m1/s1. The van der Waals surface area contributed by atoms with Gasteiger partial charge < -0.3 is 15.1 Å². The third-order valence-electron chi connectivity index (χ3n) is 5.52. The van der Waals surface area contributed by atoms with Crippen molar-refractivity contribution in [3.63, 3.8) is 0 Å². The lowest BCUT2D eigenvalue weighted by atomic mass is 9.93. The second-order valence-corrected chi connectivity index (χ2v) is 7.29. The predicted molar refractivity (Wildman–Crippen MR) is 104 cm³/mol. The van der Waals surface area contributed by atoms with E-state index in [1.54, 1.807) is 0 Å². The molecule has 1 fully saturated rings. The molecule has 0 saturated carbocycles. The largest absolute Gasteiger partial charge is 0.336 e. The number of carbonyl (C=O) groups is 1. The van der Waals surface area contributed by atoms with Crippen molar-refractivity contribution < 1.29 is 4.79 Å². The molecular weight excluding hydrogens is 340 g/mol. The topological polar surface area (TPSA) is 66.3 Å². The van der Waals surface area contributed by atoms with Gasteiger partial charge in [0, 0.05) is 31.9 Å². The maximum absolute atomic E-state index is 13.5. The first-order chi connectivity index (χ1) is 13.1. The molecule has 0 radical (unpaired) electrons. The zero-order chi connectivity index (χ0) is 19.0. The summed E-state index contributed by atoms with van der Waals surface area (Å²) in [6, 6.07) is 8.19. The van der Waals surface area contributed by atoms with Crippen molar-refractivity contribution in [1.29, 1.82) is 0 Å². The van der Waals surface area contributed by atoms with E-state index >= 15 is 0 Å². The molecule has 3 heterocycles. The van der Waals surface area contributed by atoms with Crippen LogP contribution in [0.3, 0.4) is 0 Å². The van der Waals surface area contributed by atoms with Crippen molar-refractivity contribution in [3.05, 3.63) is 53.0 Å². The van der Waals surface area contributed by atoms with Gasteiger partial charge in [0.25, 0.3) is 5.91 Å². The van der Waals surface area contributed by atoms with Crippen molar-refractivity contribution >= 4 is 11.9 Å². The molecule has 1 aromatic carbocycles. The molecule has 1 N–H and O–H groups in total. The van der Waals surface area contributed by atoms with Crippen LogP contribution in [0.2, 0.25) is 0 Å². The minimum Gasteiger partial charge on any atom is -0.336 e. The number of aromatic nitrogens is 3. The highest BCUT2D eigenvalue weighted by atomic mass is 16.2. The Balaban J connectivity index is 1.73. The van der Waals surface area contributed by atoms with Gasteiger partial charge in [0.1, 0.15) is 12.4 Å². The number of amides is 1. The Kier molecular flexibility index (Phi) is 4.70. The van der Waals surface area contributed by atoms with Crippen molar-refractivity contribution in [2.75, 3.05) is 38.5 Å². The van der Waals surface area contributed by atoms with E-state index in [0.717, 1.165) is 49.4 Å². The van der Waals surface area contributed by atoms with E-state index in [9.17, 15) is 4.79 Å². The number of fused-ring (bicyclic) bond motifs is 1. The van der Waals surface area contributed by atoms with E-state index < -0.39 is 0 Å². The maximum atomic E-state index is 13.5. The third kappa shape index (κ3) is 3.23. The van der Waals surface area contributed by atoms with Crippen LogP contribution >= 0.6 is 0 Å². The molecule has 27 heavy (non-hydrogen) atoms. The molecule has 0 bridgehead atoms. The average molecular weight is 366 g/mol. The van der Waals surface area contributed by atoms with Crippen LogP contribution in [0.15, 0.2) is 41.9 Å². The number of nitrogens with one attached hydrogen (secondary N) is 1. The fourth-order valence-electron chi connectivity index (χ4n) is 3.79. The number of nitrogens with zero attached hydrogens (tertiary/aromatic N) is 5. The van der Waals surface area contributed by atoms with E-state index in [1.807, 2.05) is 16.5 Å². The van der Waals surface area contributed by atoms with Crippen LogP contribution in [-0.4, -0.2) is 63.7 Å². The van der Waals surface area contributed by atoms with Crippen LogP contribution in [0, 0.1) is 0 Å². The number of benzene rings is 1. The van der Waals surface area contributed by atoms with E-state index in [1.165, 1.54) is 11.9 Å². The summed E-state index contributed by atoms with van der Waals surface area (Å²) in [7, 11) is 2.09. The zero-order valence-corrected chi connectivity index (χ0v) is 16.1. The third-order valence-corrected chi connectivity index (χ3v) is 5.52. The molecule has 4 rings (SSSR count). The van der Waals surface area contributed by atoms with Crippen molar-refractivity contribution in [2.24, 2.45) is 0 Å². The highest BCUT2D eigenvalue weighted by Crippen LogP contribution is 2.35. The summed E-state index contributed by atoms with van der Waals surface area (Å²) in [5.41, 5.74) is 3.93. The zero-order valence-electron chi connectivity index (χ0n) is 16.1. The first-order valence-electron chi connectivity index (χ1n) is 9.52. The smallest absolute Gasteiger partial charge is 0.254 e. The normalized spacial score (nSPS) is 20.4. The van der Waals surface area contributed by atoms with Gasteiger partial charge in [-0.2, -0.15) is 10.1 Å². The number of aryl methyl sites for hydroxylation is 1. The fraction of sp³-hybridized carbons (Fsp3) is 0.450. The Morgan fingerprint density at radius 1 is 1.19 bits per heavy atom. The van der Waals surface area contributed by atoms with Crippen molar-refractivity contribution in [2.45, 2.75) is 26.3 Å². The van der Waals surface area contributed by atoms with E-state index in [4.69, 9.17) is 0 Å². The van der Waals surface area contributed by atoms with Gasteiger partial charge in [0.05, 0.1) is 5.57 Å². The molecule has 1 amide bonds. The number of hydrogen-bond donors (Lipinski definition) is 1. The number of allylic oxidation sites excluding steroid dienone is 1. The number of piperazine rings is 1. The van der Waals surface area contributed by atoms with Gasteiger partial charge in [-0.1, -0.05) is 31.2 Å². The van der Waals surface area contributed by atoms with Gasteiger partial charge in [-0.05, 0) is 31.5 Å². The summed E-state index contributed by atoms with van der Waals surface area (Å²) in [5.74, 6) is 0.755. The van der Waals surface area contributed by atoms with E-state index in [2.05, 4.69) is 58.5 Å². The van der Waals surface area contributed by atoms with Gasteiger partial charge in [0.15, 0.2) is 0 Å². The SMILES string of the molecule is CCc1ccc([C@@H]2C(C(=O)N3CCN(C)CC3)=C(C)Nc3ncnn32)cc1. The molecule has 142 valence electrons. The number of hydrogen-bond acceptors (Lipinski definition) is 5. The molecule has 1 atom stereocenters. The molecule has 2 aromatic rings. The summed E-state index contributed by atoms with van der Waals surface area (Å²) in [5, 5.41) is 7.66. The Morgan fingerprint density at radius 2 is 1.89 bits per heavy atom. The summed E-state index contributed by atoms with van der Waals surface area (Å²) < 4.78 is 1.82. The highest BCUT2D eigenvalue weighted by Gasteiger charge is 2.36. The van der Waals surface area contributed by atoms with Gasteiger partial charge in [-0.25, -0.2) is 4.68 Å². The van der Waals surface area contributed by atoms with Gasteiger partial charge >= 0.3 is 0 Å². The number of rotatable bonds is 3. The Hall–Kier alpha value is -2.67. The first-order valence-corrected chi connectivity index (χ1v) is 9.52. The maximum Gasteiger partial charge on any atom is 0.254 e. The molecule has 0 unspecified atom stereocenters. The summed E-state index contributed by atoms with van der Waals surface area (Å²) in [6.45, 7) is 7.39. The molecule has 0 spiro atoms. The average Bonchev–Trinajstić information content (AvgIpc) is 3.15. The molecular formula is C20H26N6O. The van der Waals surface area contributed by atoms with E-state index in [-0.39, 0.29) is 11.9 Å². The molecule has 2 aliphatic rings. The minimum atomic E-state index is -0.262. The summed E-state index contributed by atoms with van der Waals surface area (Å²) >= 11 is 0. The molecule has 0 aliphatic carbocycles. The van der Waals surface area contributed by atoms with Crippen molar-refractivity contribution in [3.8, 4) is 0 Å². The number of likely N-dealkylation sites (N-methyl/N-ethyl adjacent to an activating group) is 1. The van der Waals surface area contributed by atoms with Crippen molar-refractivity contribution in [1.82, 2.24) is 24.6 Å². The van der Waals surface area contributed by atoms with Crippen LogP contribution in [0.25, 0.3) is 0 Å². The van der Waals surface area contributed by atoms with Crippen LogP contribution < -0.4 is 5.32 Å². The lowest BCUT2D eigenvalue weighted by Crippen LogP contribution is -2.49. The van der Waals surface area contributed by atoms with Gasteiger partial charge in [0.2, 0.25) is 5.95 Å². The molecule has 1 aromatic heterocycles. The highest BCUT2D eigenvalue weighted by molar-refractivity contribution is 5.96. The second-order valence-electron chi connectivity index (χ2n) is 7.29. The number of anilines is 1. The quantitative estimate of drug-likeness (QED) is 0.899.